The maximum Gasteiger partial charge on any atom is 0.269 e. The van der Waals surface area contributed by atoms with E-state index in [2.05, 4.69) is 10.1 Å². The zero-order valence-corrected chi connectivity index (χ0v) is 13.5. The van der Waals surface area contributed by atoms with E-state index in [-0.39, 0.29) is 16.6 Å². The Balaban J connectivity index is 1.83. The van der Waals surface area contributed by atoms with Crippen molar-refractivity contribution in [3.05, 3.63) is 75.1 Å². The first-order chi connectivity index (χ1) is 11.5. The van der Waals surface area contributed by atoms with Gasteiger partial charge in [0.2, 0.25) is 5.82 Å². The first-order valence-electron chi connectivity index (χ1n) is 6.74. The summed E-state index contributed by atoms with van der Waals surface area (Å²) < 4.78 is 5.14. The van der Waals surface area contributed by atoms with E-state index in [9.17, 15) is 10.1 Å². The van der Waals surface area contributed by atoms with Crippen molar-refractivity contribution in [2.24, 2.45) is 0 Å². The van der Waals surface area contributed by atoms with Gasteiger partial charge in [-0.15, -0.1) is 0 Å². The van der Waals surface area contributed by atoms with Gasteiger partial charge in [0.15, 0.2) is 0 Å². The van der Waals surface area contributed by atoms with Gasteiger partial charge in [-0.25, -0.2) is 0 Å². The molecule has 6 nitrogen and oxygen atoms in total. The van der Waals surface area contributed by atoms with Crippen molar-refractivity contribution in [3.8, 4) is 11.4 Å². The van der Waals surface area contributed by atoms with Crippen LogP contribution in [0.1, 0.15) is 11.5 Å². The highest BCUT2D eigenvalue weighted by molar-refractivity contribution is 6.50. The molecule has 0 bridgehead atoms. The van der Waals surface area contributed by atoms with Gasteiger partial charge in [-0.2, -0.15) is 4.98 Å². The lowest BCUT2D eigenvalue weighted by Gasteiger charge is -1.95. The molecule has 0 saturated heterocycles. The molecule has 0 saturated carbocycles. The molecule has 0 atom stereocenters. The molecule has 0 aliphatic carbocycles. The van der Waals surface area contributed by atoms with Crippen LogP contribution in [0.15, 0.2) is 53.1 Å². The molecule has 3 rings (SSSR count). The van der Waals surface area contributed by atoms with Crippen LogP contribution >= 0.6 is 23.2 Å². The summed E-state index contributed by atoms with van der Waals surface area (Å²) in [4.78, 5) is 14.4. The number of halogens is 2. The number of rotatable bonds is 4. The van der Waals surface area contributed by atoms with E-state index in [1.165, 1.54) is 12.1 Å². The number of non-ortho nitro benzene ring substituents is 1. The molecule has 1 heterocycles. The number of nitro groups is 1. The molecule has 2 aromatic carbocycles. The fourth-order valence-corrected chi connectivity index (χ4v) is 2.27. The number of hydrogen-bond acceptors (Lipinski definition) is 5. The minimum Gasteiger partial charge on any atom is -0.333 e. The molecule has 0 radical (unpaired) electrons. The standard InChI is InChI=1S/C16H9Cl2N3O3/c17-12-5-3-11(4-6-12)15-19-16(24-20-15)14(18)9-10-1-7-13(8-2-10)21(22)23/h1-9H/b14-9-. The minimum absolute atomic E-state index is 0.00564. The molecule has 0 amide bonds. The summed E-state index contributed by atoms with van der Waals surface area (Å²) >= 11 is 12.0. The second kappa shape index (κ2) is 6.82. The topological polar surface area (TPSA) is 82.1 Å². The van der Waals surface area contributed by atoms with Crippen LogP contribution in [0, 0.1) is 10.1 Å². The van der Waals surface area contributed by atoms with Crippen molar-refractivity contribution in [3.63, 3.8) is 0 Å². The third-order valence-corrected chi connectivity index (χ3v) is 3.65. The summed E-state index contributed by atoms with van der Waals surface area (Å²) in [6.07, 6.45) is 1.59. The van der Waals surface area contributed by atoms with Crippen LogP contribution in [0.25, 0.3) is 22.5 Å². The summed E-state index contributed by atoms with van der Waals surface area (Å²) in [7, 11) is 0. The van der Waals surface area contributed by atoms with E-state index >= 15 is 0 Å². The molecule has 0 unspecified atom stereocenters. The van der Waals surface area contributed by atoms with E-state index in [1.807, 2.05) is 0 Å². The van der Waals surface area contributed by atoms with Crippen molar-refractivity contribution in [1.82, 2.24) is 10.1 Å². The molecule has 8 heteroatoms. The third-order valence-electron chi connectivity index (χ3n) is 3.13. The highest BCUT2D eigenvalue weighted by Crippen LogP contribution is 2.25. The summed E-state index contributed by atoms with van der Waals surface area (Å²) in [5, 5.41) is 15.4. The van der Waals surface area contributed by atoms with E-state index in [0.29, 0.717) is 16.4 Å². The Kier molecular flexibility index (Phi) is 4.59. The summed E-state index contributed by atoms with van der Waals surface area (Å²) in [5.74, 6) is 0.539. The average molecular weight is 362 g/mol. The van der Waals surface area contributed by atoms with Crippen LogP contribution in [0.3, 0.4) is 0 Å². The van der Waals surface area contributed by atoms with Gasteiger partial charge < -0.3 is 4.52 Å². The number of nitrogens with zero attached hydrogens (tertiary/aromatic N) is 3. The third kappa shape index (κ3) is 3.61. The van der Waals surface area contributed by atoms with Gasteiger partial charge in [-0.05, 0) is 48.0 Å². The molecule has 24 heavy (non-hydrogen) atoms. The van der Waals surface area contributed by atoms with Crippen molar-refractivity contribution >= 4 is 40.0 Å². The predicted molar refractivity (Wildman–Crippen MR) is 91.6 cm³/mol. The molecular weight excluding hydrogens is 353 g/mol. The zero-order valence-electron chi connectivity index (χ0n) is 12.0. The van der Waals surface area contributed by atoms with Crippen molar-refractivity contribution in [2.75, 3.05) is 0 Å². The molecule has 0 fully saturated rings. The lowest BCUT2D eigenvalue weighted by molar-refractivity contribution is -0.384. The van der Waals surface area contributed by atoms with Gasteiger partial charge in [0, 0.05) is 22.7 Å². The first-order valence-corrected chi connectivity index (χ1v) is 7.50. The average Bonchev–Trinajstić information content (AvgIpc) is 3.06. The van der Waals surface area contributed by atoms with Gasteiger partial charge in [0.25, 0.3) is 11.6 Å². The Bertz CT molecular complexity index is 903. The quantitative estimate of drug-likeness (QED) is 0.480. The largest absolute Gasteiger partial charge is 0.333 e. The normalized spacial score (nSPS) is 11.5. The van der Waals surface area contributed by atoms with E-state index in [0.717, 1.165) is 5.56 Å². The Morgan fingerprint density at radius 2 is 1.79 bits per heavy atom. The number of benzene rings is 2. The van der Waals surface area contributed by atoms with Crippen LogP contribution in [0.2, 0.25) is 5.02 Å². The smallest absolute Gasteiger partial charge is 0.269 e. The Morgan fingerprint density at radius 1 is 1.12 bits per heavy atom. The fourth-order valence-electron chi connectivity index (χ4n) is 1.94. The van der Waals surface area contributed by atoms with Crippen molar-refractivity contribution in [1.29, 1.82) is 0 Å². The minimum atomic E-state index is -0.467. The van der Waals surface area contributed by atoms with Crippen LogP contribution in [-0.2, 0) is 0 Å². The Hall–Kier alpha value is -2.70. The van der Waals surface area contributed by atoms with Gasteiger partial charge in [0.1, 0.15) is 5.03 Å². The van der Waals surface area contributed by atoms with E-state index in [4.69, 9.17) is 27.7 Å². The summed E-state index contributed by atoms with van der Waals surface area (Å²) in [6, 6.07) is 12.9. The lowest BCUT2D eigenvalue weighted by Crippen LogP contribution is -1.87. The SMILES string of the molecule is O=[N+]([O-])c1ccc(/C=C(\Cl)c2nc(-c3ccc(Cl)cc3)no2)cc1. The lowest BCUT2D eigenvalue weighted by atomic mass is 10.2. The summed E-state index contributed by atoms with van der Waals surface area (Å²) in [6.45, 7) is 0. The molecule has 3 aromatic rings. The van der Waals surface area contributed by atoms with Gasteiger partial charge in [0.05, 0.1) is 4.92 Å². The second-order valence-electron chi connectivity index (χ2n) is 4.77. The molecule has 0 aliphatic rings. The molecule has 1 aromatic heterocycles. The van der Waals surface area contributed by atoms with Crippen LogP contribution in [-0.4, -0.2) is 15.1 Å². The van der Waals surface area contributed by atoms with Crippen LogP contribution in [0.4, 0.5) is 5.69 Å². The van der Waals surface area contributed by atoms with Crippen molar-refractivity contribution < 1.29 is 9.45 Å². The number of aromatic nitrogens is 2. The van der Waals surface area contributed by atoms with Gasteiger partial charge in [-0.3, -0.25) is 10.1 Å². The molecule has 0 spiro atoms. The number of nitro benzene ring substituents is 1. The van der Waals surface area contributed by atoms with E-state index < -0.39 is 4.92 Å². The van der Waals surface area contributed by atoms with Crippen LogP contribution in [0.5, 0.6) is 0 Å². The monoisotopic (exact) mass is 361 g/mol. The highest BCUT2D eigenvalue weighted by Gasteiger charge is 2.12. The van der Waals surface area contributed by atoms with E-state index in [1.54, 1.807) is 42.5 Å². The molecule has 0 aliphatic heterocycles. The summed E-state index contributed by atoms with van der Waals surface area (Å²) in [5.41, 5.74) is 1.43. The zero-order chi connectivity index (χ0) is 17.1. The molecule has 120 valence electrons. The maximum absolute atomic E-state index is 10.6. The Labute approximate surface area is 146 Å². The van der Waals surface area contributed by atoms with Gasteiger partial charge in [-0.1, -0.05) is 28.4 Å². The van der Waals surface area contributed by atoms with Crippen LogP contribution < -0.4 is 0 Å². The fraction of sp³-hybridized carbons (Fsp3) is 0. The molecular formula is C16H9Cl2N3O3. The second-order valence-corrected chi connectivity index (χ2v) is 5.61. The highest BCUT2D eigenvalue weighted by atomic mass is 35.5. The Morgan fingerprint density at radius 3 is 2.42 bits per heavy atom. The van der Waals surface area contributed by atoms with Gasteiger partial charge >= 0.3 is 0 Å². The van der Waals surface area contributed by atoms with Crippen molar-refractivity contribution in [2.45, 2.75) is 0 Å². The predicted octanol–water partition coefficient (Wildman–Crippen LogP) is 5.04. The first kappa shape index (κ1) is 16.2. The number of hydrogen-bond donors (Lipinski definition) is 0. The molecule has 0 N–H and O–H groups in total. The maximum atomic E-state index is 10.6.